The zero-order chi connectivity index (χ0) is 63.0. The Labute approximate surface area is 497 Å². The van der Waals surface area contributed by atoms with Crippen molar-refractivity contribution in [1.29, 1.82) is 0 Å². The maximum absolute atomic E-state index is 15.4. The van der Waals surface area contributed by atoms with Crippen molar-refractivity contribution in [1.82, 2.24) is 0 Å². The van der Waals surface area contributed by atoms with Crippen molar-refractivity contribution in [2.75, 3.05) is 19.8 Å². The number of hydrogen-bond donors (Lipinski definition) is 16. The van der Waals surface area contributed by atoms with Crippen molar-refractivity contribution < 1.29 is 139 Å². The van der Waals surface area contributed by atoms with Crippen molar-refractivity contribution in [3.05, 3.63) is 11.6 Å². The predicted octanol–water partition coefficient (Wildman–Crippen LogP) is -3.87. The van der Waals surface area contributed by atoms with Gasteiger partial charge in [0.25, 0.3) is 0 Å². The van der Waals surface area contributed by atoms with E-state index in [0.717, 1.165) is 5.57 Å². The number of aliphatic hydroxyl groups excluding tert-OH is 15. The molecular formula is C58H92O28. The Hall–Kier alpha value is -2.28. The van der Waals surface area contributed by atoms with Gasteiger partial charge in [-0.15, -0.1) is 0 Å². The zero-order valence-electron chi connectivity index (χ0n) is 49.7. The minimum atomic E-state index is -1.99. The standard InChI is InChI=1S/C58H92O28/c1-21-30(64)32(66)36(70)48(79-21)82-41-28(63)19-77-47(39(41)73)81-40-22(2)80-49(38(72)35(40)69)84-43-31(65)27(62)18-78-51(43)86-52(76)58-13-11-53(3,4)15-24(58)23-9-10-29-54(5)16-26(61)45(85-50-37(71)33(67)34(68)42(83-50)46(74)75)55(6,20-59)44(54)25(60)17-57(29,8)56(23,7)12-14-58/h9,21-22,24-45,47-51,59-73H,10-20H2,1-8H3,(H,74,75)/t21-,22-,24+,25-,26+,27+,28+,29-,30-,31+,32-,33+,34-,35-,36+,37-,38+,39+,40+,41+,42+,43+,44+,45-,47-,48-,49-,50+,51+,54+,55+,56-,57+,58+/m0/s1. The second-order valence-electron chi connectivity index (χ2n) is 28.4. The number of carboxylic acid groups (broad SMARTS) is 1. The molecule has 34 atom stereocenters. The summed E-state index contributed by atoms with van der Waals surface area (Å²) in [4.78, 5) is 27.4. The molecule has 5 saturated heterocycles. The fraction of sp³-hybridized carbons (Fsp3) is 0.931. The Kier molecular flexibility index (Phi) is 18.6. The quantitative estimate of drug-likeness (QED) is 0.0505. The van der Waals surface area contributed by atoms with Gasteiger partial charge in [0.2, 0.25) is 6.29 Å². The molecule has 28 heteroatoms. The van der Waals surface area contributed by atoms with E-state index >= 15 is 4.79 Å². The first kappa shape index (κ1) is 66.6. The summed E-state index contributed by atoms with van der Waals surface area (Å²) in [7, 11) is 0. The number of carboxylic acids is 1. The third-order valence-corrected chi connectivity index (χ3v) is 22.6. The number of carbonyl (C=O) groups excluding carboxylic acids is 1. The van der Waals surface area contributed by atoms with Crippen LogP contribution in [-0.4, -0.2) is 273 Å². The van der Waals surface area contributed by atoms with E-state index in [1.54, 1.807) is 6.92 Å². The van der Waals surface area contributed by atoms with Crippen molar-refractivity contribution in [3.63, 3.8) is 0 Å². The lowest BCUT2D eigenvalue weighted by atomic mass is 9.33. The normalized spacial score (nSPS) is 55.6. The smallest absolute Gasteiger partial charge is 0.335 e. The Morgan fingerprint density at radius 3 is 1.77 bits per heavy atom. The molecule has 5 aliphatic heterocycles. The van der Waals surface area contributed by atoms with Crippen LogP contribution in [0.5, 0.6) is 0 Å². The first-order chi connectivity index (χ1) is 40.1. The van der Waals surface area contributed by atoms with Gasteiger partial charge in [-0.25, -0.2) is 4.79 Å². The third-order valence-electron chi connectivity index (χ3n) is 22.6. The van der Waals surface area contributed by atoms with Gasteiger partial charge in [-0.05, 0) is 98.7 Å². The molecule has 86 heavy (non-hydrogen) atoms. The molecule has 0 aromatic heterocycles. The lowest BCUT2D eigenvalue weighted by molar-refractivity contribution is -0.377. The van der Waals surface area contributed by atoms with E-state index in [1.165, 1.54) is 13.8 Å². The van der Waals surface area contributed by atoms with Crippen LogP contribution >= 0.6 is 0 Å². The fourth-order valence-corrected chi connectivity index (χ4v) is 17.7. The molecule has 0 amide bonds. The molecule has 10 rings (SSSR count). The highest BCUT2D eigenvalue weighted by Crippen LogP contribution is 2.76. The zero-order valence-corrected chi connectivity index (χ0v) is 49.7. The SMILES string of the molecule is C[C@@H]1O[C@@H](O[C@H]2[C@@H](O)[C@H](O[C@H]3[C@@H](O)[C@@H](O)[C@H](O[C@H]4[C@@H](OC(=O)[C@@]56CCC(C)(C)C[C@@H]5C5=CC[C@H]7[C@@]8(C)C[C@@H](O)[C@H](O[C@H]9O[C@@H](C(=O)O)[C@@H](O)[C@@H](O)[C@@H]9O)[C@](C)(CO)[C@@H]8[C@@H](O)C[C@@]7(C)[C@@]5(C)CC6)OC[C@@H](O)[C@H]4O)O[C@H]3C)OC[C@H]2O)[C@H](O)[C@@H](O)[C@H]1O. The average molecular weight is 1240 g/mol. The number of fused-ring (bicyclic) bond motifs is 7. The molecule has 0 radical (unpaired) electrons. The van der Waals surface area contributed by atoms with Gasteiger partial charge in [0.15, 0.2) is 37.4 Å². The van der Waals surface area contributed by atoms with Crippen LogP contribution in [0.25, 0.3) is 0 Å². The van der Waals surface area contributed by atoms with E-state index < -0.39 is 230 Å². The minimum absolute atomic E-state index is 0.0322. The van der Waals surface area contributed by atoms with Crippen molar-refractivity contribution >= 4 is 11.9 Å². The largest absolute Gasteiger partial charge is 0.479 e. The van der Waals surface area contributed by atoms with E-state index in [4.69, 9.17) is 47.4 Å². The van der Waals surface area contributed by atoms with Crippen LogP contribution in [0, 0.1) is 50.2 Å². The highest BCUT2D eigenvalue weighted by molar-refractivity contribution is 5.79. The van der Waals surface area contributed by atoms with Crippen LogP contribution in [0.3, 0.4) is 0 Å². The van der Waals surface area contributed by atoms with E-state index in [-0.39, 0.29) is 24.2 Å². The van der Waals surface area contributed by atoms with Crippen molar-refractivity contribution in [3.8, 4) is 0 Å². The highest BCUT2D eigenvalue weighted by Gasteiger charge is 2.73. The summed E-state index contributed by atoms with van der Waals surface area (Å²) in [5.74, 6) is -3.71. The van der Waals surface area contributed by atoms with Gasteiger partial charge in [0.05, 0.1) is 55.8 Å². The maximum atomic E-state index is 15.4. The highest BCUT2D eigenvalue weighted by atomic mass is 16.8. The molecule has 0 spiro atoms. The molecule has 0 unspecified atom stereocenters. The number of ether oxygens (including phenoxy) is 10. The van der Waals surface area contributed by atoms with Crippen LogP contribution in [-0.2, 0) is 57.0 Å². The van der Waals surface area contributed by atoms with Crippen LogP contribution in [0.4, 0.5) is 0 Å². The molecule has 5 aliphatic carbocycles. The van der Waals surface area contributed by atoms with Crippen LogP contribution in [0.1, 0.15) is 107 Å². The van der Waals surface area contributed by atoms with Gasteiger partial charge in [-0.2, -0.15) is 0 Å². The van der Waals surface area contributed by atoms with E-state index in [1.807, 2.05) is 6.92 Å². The minimum Gasteiger partial charge on any atom is -0.479 e. The Morgan fingerprint density at radius 2 is 1.12 bits per heavy atom. The van der Waals surface area contributed by atoms with E-state index in [9.17, 15) is 86.5 Å². The molecule has 0 bridgehead atoms. The lowest BCUT2D eigenvalue weighted by Crippen LogP contribution is -2.72. The summed E-state index contributed by atoms with van der Waals surface area (Å²) in [5, 5.41) is 177. The predicted molar refractivity (Wildman–Crippen MR) is 285 cm³/mol. The fourth-order valence-electron chi connectivity index (χ4n) is 17.7. The number of aliphatic hydroxyl groups is 15. The first-order valence-electron chi connectivity index (χ1n) is 30.2. The van der Waals surface area contributed by atoms with Gasteiger partial charge >= 0.3 is 11.9 Å². The second-order valence-corrected chi connectivity index (χ2v) is 28.4. The Morgan fingerprint density at radius 1 is 0.547 bits per heavy atom. The van der Waals surface area contributed by atoms with Gasteiger partial charge in [-0.1, -0.05) is 53.2 Å². The Bertz CT molecular complexity index is 2470. The summed E-state index contributed by atoms with van der Waals surface area (Å²) in [6, 6.07) is 0. The monoisotopic (exact) mass is 1240 g/mol. The molecule has 9 fully saturated rings. The number of esters is 1. The maximum Gasteiger partial charge on any atom is 0.335 e. The number of rotatable bonds is 12. The summed E-state index contributed by atoms with van der Waals surface area (Å²) >= 11 is 0. The van der Waals surface area contributed by atoms with Gasteiger partial charge in [0.1, 0.15) is 85.5 Å². The summed E-state index contributed by atoms with van der Waals surface area (Å²) < 4.78 is 58.7. The number of carbonyl (C=O) groups is 2. The molecule has 28 nitrogen and oxygen atoms in total. The van der Waals surface area contributed by atoms with Gasteiger partial charge < -0.3 is 129 Å². The third kappa shape index (κ3) is 10.8. The molecule has 10 aliphatic rings. The van der Waals surface area contributed by atoms with Crippen LogP contribution < -0.4 is 0 Å². The van der Waals surface area contributed by atoms with Crippen LogP contribution in [0.15, 0.2) is 11.6 Å². The molecular weight excluding hydrogens is 1140 g/mol. The first-order valence-corrected chi connectivity index (χ1v) is 30.2. The molecule has 4 saturated carbocycles. The topological polar surface area (TPSA) is 450 Å². The summed E-state index contributed by atoms with van der Waals surface area (Å²) in [6.07, 6.45) is -37.5. The number of hydrogen-bond acceptors (Lipinski definition) is 27. The van der Waals surface area contributed by atoms with Gasteiger partial charge in [-0.3, -0.25) is 4.79 Å². The molecule has 0 aromatic carbocycles. The Balaban J connectivity index is 0.854. The van der Waals surface area contributed by atoms with Crippen molar-refractivity contribution in [2.24, 2.45) is 50.2 Å². The lowest BCUT2D eigenvalue weighted by Gasteiger charge is -2.72. The summed E-state index contributed by atoms with van der Waals surface area (Å²) in [6.45, 7) is 13.4. The average Bonchev–Trinajstić information content (AvgIpc) is 0.673. The summed E-state index contributed by atoms with van der Waals surface area (Å²) in [5.41, 5.74) is -4.15. The van der Waals surface area contributed by atoms with Crippen LogP contribution in [0.2, 0.25) is 0 Å². The molecule has 0 aromatic rings. The van der Waals surface area contributed by atoms with Crippen molar-refractivity contribution in [2.45, 2.75) is 266 Å². The van der Waals surface area contributed by atoms with Gasteiger partial charge in [0, 0.05) is 11.3 Å². The second kappa shape index (κ2) is 24.0. The number of allylic oxidation sites excluding steroid dienone is 2. The molecule has 492 valence electrons. The molecule has 16 N–H and O–H groups in total. The van der Waals surface area contributed by atoms with E-state index in [2.05, 4.69) is 33.8 Å². The van der Waals surface area contributed by atoms with E-state index in [0.29, 0.717) is 38.5 Å². The molecule has 5 heterocycles. The number of aliphatic carboxylic acids is 1.